The molecule has 0 saturated heterocycles. The maximum absolute atomic E-state index is 9.60. The Balaban J connectivity index is 0. The van der Waals surface area contributed by atoms with Crippen LogP contribution in [-0.4, -0.2) is 11.1 Å². The Morgan fingerprint density at radius 3 is 2.25 bits per heavy atom. The molecule has 0 aliphatic carbocycles. The van der Waals surface area contributed by atoms with Crippen LogP contribution in [0.4, 0.5) is 0 Å². The molecule has 2 nitrogen and oxygen atoms in total. The largest absolute Gasteiger partial charge is 0.481 e. The van der Waals surface area contributed by atoms with Crippen molar-refractivity contribution in [1.82, 2.24) is 0 Å². The van der Waals surface area contributed by atoms with Crippen LogP contribution in [0.5, 0.6) is 0 Å². The van der Waals surface area contributed by atoms with E-state index in [1.54, 1.807) is 0 Å². The summed E-state index contributed by atoms with van der Waals surface area (Å²) >= 11 is 0. The van der Waals surface area contributed by atoms with Gasteiger partial charge in [-0.1, -0.05) is 31.6 Å². The molecule has 0 aromatic rings. The molecular formula is C14H26O2. The minimum absolute atomic E-state index is 0.292. The van der Waals surface area contributed by atoms with Gasteiger partial charge in [-0.3, -0.25) is 4.79 Å². The van der Waals surface area contributed by atoms with Crippen molar-refractivity contribution in [3.8, 4) is 0 Å². The minimum Gasteiger partial charge on any atom is -0.481 e. The number of carbonyl (C=O) groups is 1. The summed E-state index contributed by atoms with van der Waals surface area (Å²) < 4.78 is 0. The lowest BCUT2D eigenvalue weighted by Gasteiger charge is -2.01. The molecule has 0 spiro atoms. The van der Waals surface area contributed by atoms with Gasteiger partial charge in [0.2, 0.25) is 0 Å². The van der Waals surface area contributed by atoms with E-state index in [2.05, 4.69) is 33.4 Å². The molecule has 0 fully saturated rings. The molecule has 0 heterocycles. The molecule has 0 aromatic heterocycles. The van der Waals surface area contributed by atoms with E-state index in [0.29, 0.717) is 12.3 Å². The lowest BCUT2D eigenvalue weighted by atomic mass is 10.1. The van der Waals surface area contributed by atoms with Gasteiger partial charge < -0.3 is 5.11 Å². The van der Waals surface area contributed by atoms with Crippen molar-refractivity contribution in [3.63, 3.8) is 0 Å². The number of hydrogen-bond donors (Lipinski definition) is 1. The number of carboxylic acids is 1. The fraction of sp³-hybridized carbons (Fsp3) is 0.643. The smallest absolute Gasteiger partial charge is 0.303 e. The summed E-state index contributed by atoms with van der Waals surface area (Å²) in [7, 11) is 0. The molecule has 1 unspecified atom stereocenters. The molecule has 2 heteroatoms. The van der Waals surface area contributed by atoms with E-state index in [9.17, 15) is 4.79 Å². The maximum atomic E-state index is 9.60. The van der Waals surface area contributed by atoms with Crippen LogP contribution in [0.2, 0.25) is 0 Å². The molecule has 0 saturated carbocycles. The minimum atomic E-state index is -0.711. The molecule has 0 aliphatic heterocycles. The molecule has 0 bridgehead atoms. The molecule has 0 radical (unpaired) electrons. The lowest BCUT2D eigenvalue weighted by molar-refractivity contribution is -0.137. The Labute approximate surface area is 100 Å². The lowest BCUT2D eigenvalue weighted by Crippen LogP contribution is -1.90. The molecule has 1 atom stereocenters. The first-order valence-electron chi connectivity index (χ1n) is 5.91. The quantitative estimate of drug-likeness (QED) is 0.680. The highest BCUT2D eigenvalue weighted by molar-refractivity contribution is 5.66. The van der Waals surface area contributed by atoms with Crippen molar-refractivity contribution in [2.75, 3.05) is 0 Å². The van der Waals surface area contributed by atoms with Crippen molar-refractivity contribution >= 4 is 5.97 Å². The molecule has 94 valence electrons. The maximum Gasteiger partial charge on any atom is 0.303 e. The van der Waals surface area contributed by atoms with Gasteiger partial charge >= 0.3 is 5.97 Å². The van der Waals surface area contributed by atoms with Crippen LogP contribution in [0.25, 0.3) is 0 Å². The van der Waals surface area contributed by atoms with Gasteiger partial charge in [-0.05, 0) is 39.0 Å². The second-order valence-electron chi connectivity index (χ2n) is 4.22. The summed E-state index contributed by atoms with van der Waals surface area (Å²) in [5.74, 6) is -0.0481. The van der Waals surface area contributed by atoms with Crippen LogP contribution >= 0.6 is 0 Å². The number of hydrogen-bond acceptors (Lipinski definition) is 1. The van der Waals surface area contributed by atoms with Crippen molar-refractivity contribution in [3.05, 3.63) is 24.3 Å². The second kappa shape index (κ2) is 12.0. The molecule has 0 amide bonds. The highest BCUT2D eigenvalue weighted by Gasteiger charge is 1.92. The molecule has 0 aromatic carbocycles. The van der Waals surface area contributed by atoms with Gasteiger partial charge in [-0.2, -0.15) is 0 Å². The zero-order valence-corrected chi connectivity index (χ0v) is 11.1. The molecule has 0 aliphatic rings. The normalized spacial score (nSPS) is 10.8. The van der Waals surface area contributed by atoms with Crippen molar-refractivity contribution in [2.45, 2.75) is 53.4 Å². The van der Waals surface area contributed by atoms with Crippen LogP contribution in [0, 0.1) is 5.92 Å². The van der Waals surface area contributed by atoms with E-state index >= 15 is 0 Å². The van der Waals surface area contributed by atoms with Gasteiger partial charge in [-0.15, -0.1) is 6.58 Å². The first kappa shape index (κ1) is 17.3. The zero-order valence-electron chi connectivity index (χ0n) is 11.1. The fourth-order valence-corrected chi connectivity index (χ4v) is 0.967. The number of allylic oxidation sites excluding steroid dienone is 3. The first-order valence-corrected chi connectivity index (χ1v) is 5.91. The van der Waals surface area contributed by atoms with Crippen molar-refractivity contribution in [1.29, 1.82) is 0 Å². The summed E-state index contributed by atoms with van der Waals surface area (Å²) in [6.45, 7) is 12.1. The average Bonchev–Trinajstić information content (AvgIpc) is 2.17. The average molecular weight is 226 g/mol. The number of aliphatic carboxylic acids is 1. The third kappa shape index (κ3) is 18.7. The molecular weight excluding hydrogens is 200 g/mol. The SMILES string of the molecule is C=CC(C)CCC=C(C)C.CCCC(=O)O. The monoisotopic (exact) mass is 226 g/mol. The van der Waals surface area contributed by atoms with Gasteiger partial charge in [0.25, 0.3) is 0 Å². The third-order valence-electron chi connectivity index (χ3n) is 2.04. The summed E-state index contributed by atoms with van der Waals surface area (Å²) in [4.78, 5) is 9.60. The van der Waals surface area contributed by atoms with Crippen LogP contribution in [-0.2, 0) is 4.79 Å². The highest BCUT2D eigenvalue weighted by Crippen LogP contribution is 2.07. The van der Waals surface area contributed by atoms with Crippen molar-refractivity contribution in [2.24, 2.45) is 5.92 Å². The van der Waals surface area contributed by atoms with E-state index < -0.39 is 5.97 Å². The van der Waals surface area contributed by atoms with E-state index in [0.717, 1.165) is 6.42 Å². The Morgan fingerprint density at radius 2 is 2.00 bits per heavy atom. The summed E-state index contributed by atoms with van der Waals surface area (Å²) in [5.41, 5.74) is 1.41. The topological polar surface area (TPSA) is 37.3 Å². The zero-order chi connectivity index (χ0) is 13.0. The molecule has 0 rings (SSSR count). The summed E-state index contributed by atoms with van der Waals surface area (Å²) in [6.07, 6.45) is 7.73. The highest BCUT2D eigenvalue weighted by atomic mass is 16.4. The van der Waals surface area contributed by atoms with Gasteiger partial charge in [0.1, 0.15) is 0 Å². The predicted molar refractivity (Wildman–Crippen MR) is 70.6 cm³/mol. The van der Waals surface area contributed by atoms with Crippen LogP contribution in [0.15, 0.2) is 24.3 Å². The number of rotatable bonds is 6. The van der Waals surface area contributed by atoms with Crippen LogP contribution in [0.1, 0.15) is 53.4 Å². The van der Waals surface area contributed by atoms with Gasteiger partial charge in [0, 0.05) is 6.42 Å². The van der Waals surface area contributed by atoms with Gasteiger partial charge in [0.15, 0.2) is 0 Å². The van der Waals surface area contributed by atoms with E-state index in [-0.39, 0.29) is 0 Å². The Hall–Kier alpha value is -1.05. The Morgan fingerprint density at radius 1 is 1.44 bits per heavy atom. The van der Waals surface area contributed by atoms with Gasteiger partial charge in [0.05, 0.1) is 0 Å². The number of carboxylic acid groups (broad SMARTS) is 1. The third-order valence-corrected chi connectivity index (χ3v) is 2.04. The summed E-state index contributed by atoms with van der Waals surface area (Å²) in [5, 5.41) is 7.91. The van der Waals surface area contributed by atoms with Crippen LogP contribution in [0.3, 0.4) is 0 Å². The first-order chi connectivity index (χ1) is 7.43. The molecule has 1 N–H and O–H groups in total. The van der Waals surface area contributed by atoms with E-state index in [1.807, 2.05) is 13.0 Å². The predicted octanol–water partition coefficient (Wildman–Crippen LogP) is 4.43. The summed E-state index contributed by atoms with van der Waals surface area (Å²) in [6, 6.07) is 0. The molecule has 16 heavy (non-hydrogen) atoms. The van der Waals surface area contributed by atoms with Crippen LogP contribution < -0.4 is 0 Å². The van der Waals surface area contributed by atoms with E-state index in [4.69, 9.17) is 5.11 Å². The standard InChI is InChI=1S/C10H18.C4H8O2/c1-5-10(4)8-6-7-9(2)3;1-2-3-4(5)6/h5,7,10H,1,6,8H2,2-4H3;2-3H2,1H3,(H,5,6). The second-order valence-corrected chi connectivity index (χ2v) is 4.22. The Bertz CT molecular complexity index is 213. The fourth-order valence-electron chi connectivity index (χ4n) is 0.967. The Kier molecular flexibility index (Phi) is 13.0. The van der Waals surface area contributed by atoms with Crippen molar-refractivity contribution < 1.29 is 9.90 Å². The van der Waals surface area contributed by atoms with E-state index in [1.165, 1.54) is 18.4 Å². The van der Waals surface area contributed by atoms with Gasteiger partial charge in [-0.25, -0.2) is 0 Å².